The second-order valence-electron chi connectivity index (χ2n) is 7.33. The van der Waals surface area contributed by atoms with Crippen molar-refractivity contribution >= 4 is 21.7 Å². The van der Waals surface area contributed by atoms with E-state index in [1.54, 1.807) is 26.0 Å². The summed E-state index contributed by atoms with van der Waals surface area (Å²) < 4.78 is 39.7. The average Bonchev–Trinajstić information content (AvgIpc) is 2.76. The van der Waals surface area contributed by atoms with Gasteiger partial charge in [-0.1, -0.05) is 6.07 Å². The minimum absolute atomic E-state index is 0.0285. The minimum atomic E-state index is -3.17. The fourth-order valence-electron chi connectivity index (χ4n) is 3.28. The molecule has 2 aromatic rings. The molecule has 1 saturated heterocycles. The molecular weight excluding hydrogens is 423 g/mol. The molecule has 1 aromatic heterocycles. The predicted octanol–water partition coefficient (Wildman–Crippen LogP) is 1.71. The Labute approximate surface area is 181 Å². The van der Waals surface area contributed by atoms with Gasteiger partial charge in [0.2, 0.25) is 10.0 Å². The van der Waals surface area contributed by atoms with Crippen molar-refractivity contribution in [2.24, 2.45) is 0 Å². The maximum Gasteiger partial charge on any atom is 0.319 e. The topological polar surface area (TPSA) is 108 Å². The Balaban J connectivity index is 1.53. The molecule has 1 aliphatic rings. The van der Waals surface area contributed by atoms with Gasteiger partial charge in [-0.3, -0.25) is 4.90 Å². The third-order valence-electron chi connectivity index (χ3n) is 5.08. The van der Waals surface area contributed by atoms with Crippen molar-refractivity contribution in [3.8, 4) is 0 Å². The van der Waals surface area contributed by atoms with E-state index in [0.29, 0.717) is 49.8 Å². The van der Waals surface area contributed by atoms with Crippen LogP contribution in [-0.2, 0) is 23.1 Å². The summed E-state index contributed by atoms with van der Waals surface area (Å²) in [5.41, 5.74) is 1.72. The maximum absolute atomic E-state index is 14.2. The van der Waals surface area contributed by atoms with Crippen LogP contribution in [0.4, 0.5) is 14.9 Å². The van der Waals surface area contributed by atoms with E-state index in [-0.39, 0.29) is 12.3 Å². The largest absolute Gasteiger partial charge is 0.334 e. The number of nitrogens with one attached hydrogen (secondary N) is 2. The van der Waals surface area contributed by atoms with E-state index in [1.165, 1.54) is 22.8 Å². The van der Waals surface area contributed by atoms with Gasteiger partial charge in [-0.15, -0.1) is 0 Å². The summed E-state index contributed by atoms with van der Waals surface area (Å²) in [6.07, 6.45) is 2.99. The summed E-state index contributed by atoms with van der Waals surface area (Å²) in [5.74, 6) is 0.297. The van der Waals surface area contributed by atoms with E-state index in [0.717, 1.165) is 5.56 Å². The molecule has 1 fully saturated rings. The fourth-order valence-corrected chi connectivity index (χ4v) is 4.36. The molecule has 0 aliphatic carbocycles. The second kappa shape index (κ2) is 10.1. The number of piperazine rings is 1. The zero-order valence-corrected chi connectivity index (χ0v) is 18.5. The van der Waals surface area contributed by atoms with Crippen molar-refractivity contribution < 1.29 is 17.6 Å². The van der Waals surface area contributed by atoms with Gasteiger partial charge in [-0.25, -0.2) is 27.6 Å². The molecule has 31 heavy (non-hydrogen) atoms. The lowest BCUT2D eigenvalue weighted by Gasteiger charge is -2.33. The molecule has 0 atom stereocenters. The number of urea groups is 1. The highest BCUT2D eigenvalue weighted by Gasteiger charge is 2.25. The first-order valence-corrected chi connectivity index (χ1v) is 11.7. The third kappa shape index (κ3) is 6.42. The number of halogens is 1. The number of benzene rings is 1. The highest BCUT2D eigenvalue weighted by atomic mass is 32.2. The quantitative estimate of drug-likeness (QED) is 0.665. The monoisotopic (exact) mass is 450 g/mol. The molecule has 2 N–H and O–H groups in total. The van der Waals surface area contributed by atoms with E-state index in [2.05, 4.69) is 25.5 Å². The molecule has 3 rings (SSSR count). The first-order chi connectivity index (χ1) is 14.8. The number of carbonyl (C=O) groups excluding carboxylic acids is 1. The Kier molecular flexibility index (Phi) is 7.52. The molecule has 0 unspecified atom stereocenters. The number of hydrogen-bond acceptors (Lipinski definition) is 6. The zero-order chi connectivity index (χ0) is 22.4. The van der Waals surface area contributed by atoms with E-state index in [9.17, 15) is 17.6 Å². The van der Waals surface area contributed by atoms with Crippen LogP contribution in [0.3, 0.4) is 0 Å². The van der Waals surface area contributed by atoms with Gasteiger partial charge < -0.3 is 10.6 Å². The van der Waals surface area contributed by atoms with Crippen LogP contribution < -0.4 is 10.6 Å². The molecule has 11 heteroatoms. The summed E-state index contributed by atoms with van der Waals surface area (Å²) in [7, 11) is -3.17. The molecule has 9 nitrogen and oxygen atoms in total. The summed E-state index contributed by atoms with van der Waals surface area (Å²) in [6.45, 7) is 6.14. The molecular formula is C20H27FN6O3S. The number of rotatable bonds is 7. The SMILES string of the molecule is CCS(=O)(=O)N1CCN(Cc2ccc(F)c(CNC(=O)Nc3cnc(C)nc3)c2)CC1. The number of sulfonamides is 1. The summed E-state index contributed by atoms with van der Waals surface area (Å²) in [5, 5.41) is 5.23. The van der Waals surface area contributed by atoms with Gasteiger partial charge in [-0.05, 0) is 31.5 Å². The number of aryl methyl sites for hydroxylation is 1. The zero-order valence-electron chi connectivity index (χ0n) is 17.6. The lowest BCUT2D eigenvalue weighted by molar-refractivity contribution is 0.181. The Morgan fingerprint density at radius 2 is 1.84 bits per heavy atom. The fraction of sp³-hybridized carbons (Fsp3) is 0.450. The highest BCUT2D eigenvalue weighted by Crippen LogP contribution is 2.15. The molecule has 0 spiro atoms. The standard InChI is InChI=1S/C20H27FN6O3S/c1-3-31(29,30)27-8-6-26(7-9-27)14-16-4-5-19(21)17(10-16)11-24-20(28)25-18-12-22-15(2)23-13-18/h4-5,10,12-13H,3,6-9,11,14H2,1-2H3,(H2,24,25,28). The van der Waals surface area contributed by atoms with Crippen LogP contribution in [0.25, 0.3) is 0 Å². The molecule has 0 radical (unpaired) electrons. The van der Waals surface area contributed by atoms with Gasteiger partial charge in [0.25, 0.3) is 0 Å². The lowest BCUT2D eigenvalue weighted by Crippen LogP contribution is -2.48. The van der Waals surface area contributed by atoms with Gasteiger partial charge in [0, 0.05) is 44.8 Å². The van der Waals surface area contributed by atoms with Gasteiger partial charge in [0.15, 0.2) is 0 Å². The second-order valence-corrected chi connectivity index (χ2v) is 9.59. The third-order valence-corrected chi connectivity index (χ3v) is 6.97. The normalized spacial score (nSPS) is 15.6. The average molecular weight is 451 g/mol. The minimum Gasteiger partial charge on any atom is -0.334 e. The van der Waals surface area contributed by atoms with E-state index in [4.69, 9.17) is 0 Å². The van der Waals surface area contributed by atoms with Crippen LogP contribution in [0.2, 0.25) is 0 Å². The van der Waals surface area contributed by atoms with Crippen LogP contribution in [0.5, 0.6) is 0 Å². The summed E-state index contributed by atoms with van der Waals surface area (Å²) in [6, 6.07) is 4.33. The number of hydrogen-bond donors (Lipinski definition) is 2. The van der Waals surface area contributed by atoms with Crippen LogP contribution >= 0.6 is 0 Å². The van der Waals surface area contributed by atoms with Crippen LogP contribution in [0.1, 0.15) is 23.9 Å². The molecule has 1 aliphatic heterocycles. The molecule has 0 saturated carbocycles. The molecule has 168 valence electrons. The van der Waals surface area contributed by atoms with Crippen molar-refractivity contribution in [2.45, 2.75) is 26.9 Å². The predicted molar refractivity (Wildman–Crippen MR) is 115 cm³/mol. The summed E-state index contributed by atoms with van der Waals surface area (Å²) in [4.78, 5) is 22.2. The Hall–Kier alpha value is -2.63. The van der Waals surface area contributed by atoms with Gasteiger partial charge in [0.05, 0.1) is 23.8 Å². The first kappa shape index (κ1) is 23.0. The van der Waals surface area contributed by atoms with E-state index >= 15 is 0 Å². The van der Waals surface area contributed by atoms with Crippen molar-refractivity contribution in [1.29, 1.82) is 0 Å². The number of aromatic nitrogens is 2. The maximum atomic E-state index is 14.2. The number of carbonyl (C=O) groups is 1. The summed E-state index contributed by atoms with van der Waals surface area (Å²) >= 11 is 0. The smallest absolute Gasteiger partial charge is 0.319 e. The van der Waals surface area contributed by atoms with Crippen molar-refractivity contribution in [3.05, 3.63) is 53.4 Å². The molecule has 1 aromatic carbocycles. The van der Waals surface area contributed by atoms with Gasteiger partial charge in [-0.2, -0.15) is 4.31 Å². The molecule has 2 heterocycles. The van der Waals surface area contributed by atoms with Crippen LogP contribution in [-0.4, -0.2) is 65.6 Å². The van der Waals surface area contributed by atoms with Gasteiger partial charge in [0.1, 0.15) is 11.6 Å². The van der Waals surface area contributed by atoms with E-state index in [1.807, 2.05) is 0 Å². The van der Waals surface area contributed by atoms with Crippen LogP contribution in [0, 0.1) is 12.7 Å². The Bertz CT molecular complexity index is 1010. The van der Waals surface area contributed by atoms with Crippen LogP contribution in [0.15, 0.2) is 30.6 Å². The van der Waals surface area contributed by atoms with E-state index < -0.39 is 21.9 Å². The Morgan fingerprint density at radius 1 is 1.16 bits per heavy atom. The van der Waals surface area contributed by atoms with Gasteiger partial charge >= 0.3 is 6.03 Å². The number of amides is 2. The Morgan fingerprint density at radius 3 is 2.48 bits per heavy atom. The molecule has 2 amide bonds. The van der Waals surface area contributed by atoms with Crippen molar-refractivity contribution in [3.63, 3.8) is 0 Å². The molecule has 0 bridgehead atoms. The highest BCUT2D eigenvalue weighted by molar-refractivity contribution is 7.89. The number of nitrogens with zero attached hydrogens (tertiary/aromatic N) is 4. The number of anilines is 1. The van der Waals surface area contributed by atoms with Crippen molar-refractivity contribution in [2.75, 3.05) is 37.2 Å². The van der Waals surface area contributed by atoms with Crippen molar-refractivity contribution in [1.82, 2.24) is 24.5 Å². The lowest BCUT2D eigenvalue weighted by atomic mass is 10.1. The first-order valence-electron chi connectivity index (χ1n) is 10.1.